The van der Waals surface area contributed by atoms with E-state index in [1.165, 1.54) is 118 Å². The van der Waals surface area contributed by atoms with Gasteiger partial charge in [0.1, 0.15) is 34.5 Å². The quantitative estimate of drug-likeness (QED) is 0.0433. The van der Waals surface area contributed by atoms with Crippen LogP contribution in [0.3, 0.4) is 0 Å². The van der Waals surface area contributed by atoms with Crippen LogP contribution in [-0.4, -0.2) is 66.4 Å². The average Bonchev–Trinajstić information content (AvgIpc) is 0.872. The van der Waals surface area contributed by atoms with Crippen molar-refractivity contribution in [1.29, 1.82) is 5.26 Å². The van der Waals surface area contributed by atoms with E-state index in [9.17, 15) is 5.11 Å². The molecule has 0 unspecified atom stereocenters. The predicted molar refractivity (Wildman–Crippen MR) is 446 cm³/mol. The van der Waals surface area contributed by atoms with Crippen LogP contribution >= 0.6 is 0 Å². The molecule has 10 rings (SSSR count). The number of anilines is 1. The summed E-state index contributed by atoms with van der Waals surface area (Å²) in [5.74, 6) is 1.74. The highest BCUT2D eigenvalue weighted by Gasteiger charge is 2.07. The van der Waals surface area contributed by atoms with Crippen molar-refractivity contribution < 1.29 is 66.4 Å². The van der Waals surface area contributed by atoms with Gasteiger partial charge in [0.2, 0.25) is 0 Å². The second-order valence-electron chi connectivity index (χ2n) is 23.8. The number of phenolic OH excluding ortho intramolecular Hbond substituents is 13. The summed E-state index contributed by atoms with van der Waals surface area (Å²) >= 11 is 0. The Balaban J connectivity index is -0.000000352. The summed E-state index contributed by atoms with van der Waals surface area (Å²) in [5.41, 5.74) is 20.0. The van der Waals surface area contributed by atoms with Crippen LogP contribution in [0.1, 0.15) is 229 Å². The van der Waals surface area contributed by atoms with E-state index in [2.05, 4.69) is 163 Å². The second kappa shape index (κ2) is 61.4. The molecule has 0 fully saturated rings. The minimum atomic E-state index is -0.475. The smallest absolute Gasteiger partial charge is 0.200 e. The Hall–Kier alpha value is -11.1. The summed E-state index contributed by atoms with van der Waals surface area (Å²) in [5, 5.41) is 122. The van der Waals surface area contributed by atoms with Crippen molar-refractivity contribution in [3.05, 3.63) is 274 Å². The lowest BCUT2D eigenvalue weighted by Gasteiger charge is -2.08. The van der Waals surface area contributed by atoms with Gasteiger partial charge < -0.3 is 72.1 Å². The molecule has 0 amide bonds. The van der Waals surface area contributed by atoms with E-state index in [0.717, 1.165) is 39.6 Å². The maximum absolute atomic E-state index is 9.46. The molecule has 106 heavy (non-hydrogen) atoms. The molecule has 10 aromatic rings. The lowest BCUT2D eigenvalue weighted by atomic mass is 9.96. The first kappa shape index (κ1) is 104. The van der Waals surface area contributed by atoms with Gasteiger partial charge >= 0.3 is 0 Å². The molecule has 582 valence electrons. The number of nitrogen functional groups attached to an aromatic ring is 1. The molecular formula is C91H130N2O13. The Morgan fingerprint density at radius 3 is 0.849 bits per heavy atom. The Morgan fingerprint density at radius 2 is 0.557 bits per heavy atom. The van der Waals surface area contributed by atoms with Crippen molar-refractivity contribution in [2.24, 2.45) is 0 Å². The molecule has 0 atom stereocenters. The first-order chi connectivity index (χ1) is 50.1. The largest absolute Gasteiger partial charge is 0.508 e. The van der Waals surface area contributed by atoms with Crippen LogP contribution in [0.4, 0.5) is 5.69 Å². The summed E-state index contributed by atoms with van der Waals surface area (Å²) in [6.45, 7) is 51.8. The first-order valence-corrected chi connectivity index (χ1v) is 36.2. The van der Waals surface area contributed by atoms with E-state index in [1.807, 2.05) is 113 Å². The van der Waals surface area contributed by atoms with Crippen molar-refractivity contribution in [3.63, 3.8) is 0 Å². The topological polar surface area (TPSA) is 313 Å². The van der Waals surface area contributed by atoms with E-state index in [4.69, 9.17) is 72.3 Å². The summed E-state index contributed by atoms with van der Waals surface area (Å²) in [6.07, 6.45) is 0. The van der Waals surface area contributed by atoms with Crippen molar-refractivity contribution in [2.75, 3.05) is 5.73 Å². The maximum Gasteiger partial charge on any atom is 0.200 e. The normalized spacial score (nSPS) is 9.18. The summed E-state index contributed by atoms with van der Waals surface area (Å²) in [7, 11) is 0. The van der Waals surface area contributed by atoms with Crippen LogP contribution in [0, 0.1) is 45.9 Å². The zero-order chi connectivity index (χ0) is 82.8. The van der Waals surface area contributed by atoms with Crippen LogP contribution in [0.15, 0.2) is 212 Å². The van der Waals surface area contributed by atoms with E-state index in [1.54, 1.807) is 24.3 Å². The van der Waals surface area contributed by atoms with Crippen LogP contribution in [0.5, 0.6) is 74.7 Å². The fourth-order valence-corrected chi connectivity index (χ4v) is 7.98. The van der Waals surface area contributed by atoms with Gasteiger partial charge in [0.15, 0.2) is 40.2 Å². The number of aromatic hydroxyl groups is 13. The van der Waals surface area contributed by atoms with Crippen molar-refractivity contribution in [3.8, 4) is 80.8 Å². The molecule has 15 nitrogen and oxygen atoms in total. The van der Waals surface area contributed by atoms with E-state index < -0.39 is 5.75 Å². The van der Waals surface area contributed by atoms with Gasteiger partial charge in [-0.15, -0.1) is 0 Å². The van der Waals surface area contributed by atoms with Gasteiger partial charge in [-0.2, -0.15) is 5.26 Å². The van der Waals surface area contributed by atoms with Gasteiger partial charge in [-0.05, 0) is 200 Å². The number of benzene rings is 10. The Kier molecular flexibility index (Phi) is 59.9. The zero-order valence-electron chi connectivity index (χ0n) is 67.9. The van der Waals surface area contributed by atoms with Crippen molar-refractivity contribution >= 4 is 5.69 Å². The average molecular weight is 1460 g/mol. The number of para-hydroxylation sites is 3. The SMILES string of the molecule is CC.CC.CC.CC.CC.Cc1ccc(C(C)C)c(C#N)c1.Cc1ccc(C(C)C)c(N)c1.Cc1ccc(C(C)C)c(O)c1.Cc1ccc(C(C)C)cc1.Cc1ccc(C(C)C)cc1.Oc1ccc(O)c(O)c1.Oc1ccc(O)cc1.Oc1cccc(O)c1.Oc1cccc(O)c1O.Oc1ccccc1O. The standard InChI is InChI=1S/C11H13N.C10H15N.C10H14O.2C10H14.2C6H6O3.3C6H6O2.5C2H6/c1-8(2)11-5-4-9(3)6-10(11)7-12;2*1-7(2)9-5-4-8(3)6-10(9)11;2*1-8(2)10-6-4-9(3)5-7-10;7-4-1-2-5(8)6(9)3-4;7-4-2-1-3-5(8)6(4)9;7-5-1-2-6(8)4-3-5;7-5-2-1-3-6(8)4-5;7-5-3-1-2-4-6(5)8;5*1-2/h4-6,8H,1-3H3;4-7H,11H2,1-3H3;4-7,11H,1-3H3;2*4-8H,1-3H3;2*1-3,7-9H;3*1-4,7-8H;5*1-2H3. The highest BCUT2D eigenvalue weighted by atomic mass is 16.3. The summed E-state index contributed by atoms with van der Waals surface area (Å²) in [6, 6.07) is 63.0. The van der Waals surface area contributed by atoms with E-state index in [0.29, 0.717) is 35.3 Å². The number of nitrogens with zero attached hydrogens (tertiary/aromatic N) is 1. The first-order valence-electron chi connectivity index (χ1n) is 36.2. The molecule has 0 radical (unpaired) electrons. The molecule has 0 aliphatic carbocycles. The molecular weight excluding hydrogens is 1330 g/mol. The van der Waals surface area contributed by atoms with Crippen LogP contribution < -0.4 is 5.73 Å². The number of hydrogen-bond acceptors (Lipinski definition) is 15. The van der Waals surface area contributed by atoms with Crippen LogP contribution in [0.25, 0.3) is 0 Å². The van der Waals surface area contributed by atoms with Gasteiger partial charge in [0, 0.05) is 17.8 Å². The lowest BCUT2D eigenvalue weighted by molar-refractivity contribution is 0.368. The molecule has 0 heterocycles. The highest BCUT2D eigenvalue weighted by Crippen LogP contribution is 2.33. The molecule has 0 spiro atoms. The molecule has 0 aromatic heterocycles. The number of hydrogen-bond donors (Lipinski definition) is 14. The summed E-state index contributed by atoms with van der Waals surface area (Å²) in [4.78, 5) is 0. The minimum Gasteiger partial charge on any atom is -0.508 e. The lowest BCUT2D eigenvalue weighted by Crippen LogP contribution is -1.96. The fourth-order valence-electron chi connectivity index (χ4n) is 7.98. The van der Waals surface area contributed by atoms with Crippen LogP contribution in [-0.2, 0) is 0 Å². The predicted octanol–water partition coefficient (Wildman–Crippen LogP) is 24.8. The third-order valence-corrected chi connectivity index (χ3v) is 13.6. The van der Waals surface area contributed by atoms with Gasteiger partial charge in [-0.25, -0.2) is 0 Å². The molecule has 15 heteroatoms. The van der Waals surface area contributed by atoms with Crippen LogP contribution in [0.2, 0.25) is 0 Å². The number of nitriles is 1. The number of nitrogens with two attached hydrogens (primary N) is 1. The molecule has 0 aliphatic rings. The van der Waals surface area contributed by atoms with Crippen molar-refractivity contribution in [1.82, 2.24) is 0 Å². The Bertz CT molecular complexity index is 3690. The number of phenols is 13. The van der Waals surface area contributed by atoms with Gasteiger partial charge in [0.25, 0.3) is 0 Å². The van der Waals surface area contributed by atoms with Crippen molar-refractivity contribution in [2.45, 2.75) is 203 Å². The van der Waals surface area contributed by atoms with Gasteiger partial charge in [0.05, 0.1) is 11.6 Å². The zero-order valence-corrected chi connectivity index (χ0v) is 67.9. The molecule has 0 aliphatic heterocycles. The highest BCUT2D eigenvalue weighted by molar-refractivity contribution is 5.51. The molecule has 0 saturated carbocycles. The second-order valence-corrected chi connectivity index (χ2v) is 23.8. The maximum atomic E-state index is 9.46. The third kappa shape index (κ3) is 48.0. The number of aryl methyl sites for hydroxylation is 5. The fraction of sp³-hybridized carbons (Fsp3) is 0.330. The molecule has 10 aromatic carbocycles. The summed E-state index contributed by atoms with van der Waals surface area (Å²) < 4.78 is 0. The van der Waals surface area contributed by atoms with Gasteiger partial charge in [-0.1, -0.05) is 259 Å². The minimum absolute atomic E-state index is 0.0645. The molecule has 0 saturated heterocycles. The Morgan fingerprint density at radius 1 is 0.255 bits per heavy atom. The Labute approximate surface area is 636 Å². The van der Waals surface area contributed by atoms with Gasteiger partial charge in [-0.3, -0.25) is 0 Å². The molecule has 0 bridgehead atoms. The van der Waals surface area contributed by atoms with E-state index >= 15 is 0 Å². The monoisotopic (exact) mass is 1460 g/mol. The molecule has 15 N–H and O–H groups in total. The number of rotatable bonds is 5. The van der Waals surface area contributed by atoms with E-state index in [-0.39, 0.29) is 63.2 Å². The third-order valence-electron chi connectivity index (χ3n) is 13.6.